The molecule has 1 fully saturated rings. The van der Waals surface area contributed by atoms with E-state index >= 15 is 0 Å². The summed E-state index contributed by atoms with van der Waals surface area (Å²) >= 11 is 3.32. The van der Waals surface area contributed by atoms with Crippen LogP contribution in [0.4, 0.5) is 5.69 Å². The Morgan fingerprint density at radius 1 is 1.53 bits per heavy atom. The molecule has 1 aromatic carbocycles. The van der Waals surface area contributed by atoms with Crippen LogP contribution in [-0.2, 0) is 14.9 Å². The smallest absolute Gasteiger partial charge is 0.316 e. The molecule has 0 atom stereocenters. The lowest BCUT2D eigenvalue weighted by atomic mass is 9.64. The van der Waals surface area contributed by atoms with Gasteiger partial charge in [-0.1, -0.05) is 28.4 Å². The second-order valence-electron chi connectivity index (χ2n) is 4.28. The maximum absolute atomic E-state index is 11.9. The third-order valence-electron chi connectivity index (χ3n) is 3.44. The van der Waals surface area contributed by atoms with Crippen molar-refractivity contribution in [2.75, 3.05) is 7.11 Å². The van der Waals surface area contributed by atoms with E-state index in [1.807, 2.05) is 12.1 Å². The zero-order valence-electron chi connectivity index (χ0n) is 9.53. The highest BCUT2D eigenvalue weighted by Crippen LogP contribution is 2.46. The van der Waals surface area contributed by atoms with E-state index in [1.54, 1.807) is 6.07 Å². The Morgan fingerprint density at radius 2 is 2.24 bits per heavy atom. The van der Waals surface area contributed by atoms with Crippen molar-refractivity contribution in [3.8, 4) is 0 Å². The molecule has 1 saturated carbocycles. The predicted molar refractivity (Wildman–Crippen MR) is 66.6 cm³/mol. The number of benzene rings is 1. The lowest BCUT2D eigenvalue weighted by Gasteiger charge is -2.39. The molecular weight excluding hydrogens is 286 g/mol. The van der Waals surface area contributed by atoms with Gasteiger partial charge < -0.3 is 15.4 Å². The van der Waals surface area contributed by atoms with E-state index in [2.05, 4.69) is 15.9 Å². The molecule has 0 saturated heterocycles. The summed E-state index contributed by atoms with van der Waals surface area (Å²) in [7, 11) is 1.39. The molecule has 0 amide bonds. The van der Waals surface area contributed by atoms with E-state index in [4.69, 9.17) is 4.74 Å². The Labute approximate surface area is 108 Å². The van der Waals surface area contributed by atoms with E-state index in [-0.39, 0.29) is 5.97 Å². The Bertz CT molecular complexity index is 443. The van der Waals surface area contributed by atoms with Gasteiger partial charge in [0.15, 0.2) is 0 Å². The fraction of sp³-hybridized carbons (Fsp3) is 0.417. The molecule has 2 rings (SSSR count). The number of quaternary nitrogens is 1. The van der Waals surface area contributed by atoms with Crippen LogP contribution in [0.5, 0.6) is 0 Å². The molecule has 0 spiro atoms. The molecule has 0 unspecified atom stereocenters. The lowest BCUT2D eigenvalue weighted by molar-refractivity contribution is -0.498. The molecule has 0 aromatic heterocycles. The number of carbonyl (C=O) groups is 1. The summed E-state index contributed by atoms with van der Waals surface area (Å²) in [6, 6.07) is 5.43. The van der Waals surface area contributed by atoms with Gasteiger partial charge in [0.05, 0.1) is 12.5 Å². The molecule has 5 heteroatoms. The van der Waals surface area contributed by atoms with Crippen molar-refractivity contribution in [2.24, 2.45) is 0 Å². The van der Waals surface area contributed by atoms with Crippen LogP contribution < -0.4 is 5.48 Å². The maximum Gasteiger partial charge on any atom is 0.316 e. The Morgan fingerprint density at radius 3 is 2.71 bits per heavy atom. The number of ether oxygens (including phenoxy) is 1. The van der Waals surface area contributed by atoms with E-state index in [9.17, 15) is 10.0 Å². The minimum absolute atomic E-state index is 0.242. The molecule has 0 heterocycles. The van der Waals surface area contributed by atoms with E-state index in [1.165, 1.54) is 7.11 Å². The largest absolute Gasteiger partial charge is 0.630 e. The number of esters is 1. The summed E-state index contributed by atoms with van der Waals surface area (Å²) in [6.45, 7) is 0. The first-order valence-corrected chi connectivity index (χ1v) is 6.27. The zero-order chi connectivity index (χ0) is 12.5. The van der Waals surface area contributed by atoms with Gasteiger partial charge in [-0.3, -0.25) is 4.79 Å². The number of methoxy groups -OCH3 is 1. The third-order valence-corrected chi connectivity index (χ3v) is 3.93. The van der Waals surface area contributed by atoms with Crippen LogP contribution in [0.15, 0.2) is 22.7 Å². The molecule has 1 aromatic rings. The molecule has 1 aliphatic rings. The van der Waals surface area contributed by atoms with Crippen molar-refractivity contribution >= 4 is 27.6 Å². The van der Waals surface area contributed by atoms with Gasteiger partial charge in [-0.2, -0.15) is 0 Å². The summed E-state index contributed by atoms with van der Waals surface area (Å²) in [5.41, 5.74) is 1.53. The topological polar surface area (TPSA) is 66.0 Å². The molecule has 1 aliphatic carbocycles. The summed E-state index contributed by atoms with van der Waals surface area (Å²) in [5, 5.41) is 11.1. The molecule has 0 radical (unpaired) electrons. The highest BCUT2D eigenvalue weighted by molar-refractivity contribution is 9.10. The van der Waals surface area contributed by atoms with E-state index in [0.717, 1.165) is 34.8 Å². The quantitative estimate of drug-likeness (QED) is 0.525. The minimum atomic E-state index is -0.605. The highest BCUT2D eigenvalue weighted by Gasteiger charge is 2.48. The number of halogens is 1. The van der Waals surface area contributed by atoms with Gasteiger partial charge in [-0.25, -0.2) is 0 Å². The maximum atomic E-state index is 11.9. The molecule has 2 N–H and O–H groups in total. The van der Waals surface area contributed by atoms with Crippen LogP contribution >= 0.6 is 15.9 Å². The predicted octanol–water partition coefficient (Wildman–Crippen LogP) is 1.74. The van der Waals surface area contributed by atoms with Gasteiger partial charge in [0.25, 0.3) is 0 Å². The Hall–Kier alpha value is -0.910. The molecule has 92 valence electrons. The summed E-state index contributed by atoms with van der Waals surface area (Å²) in [4.78, 5) is 11.9. The normalized spacial score (nSPS) is 17.4. The average molecular weight is 300 g/mol. The molecular formula is C12H14BrNO3. The van der Waals surface area contributed by atoms with Gasteiger partial charge in [0.1, 0.15) is 5.69 Å². The molecule has 0 aliphatic heterocycles. The van der Waals surface area contributed by atoms with Crippen molar-refractivity contribution in [1.29, 1.82) is 0 Å². The first kappa shape index (κ1) is 12.5. The highest BCUT2D eigenvalue weighted by atomic mass is 79.9. The summed E-state index contributed by atoms with van der Waals surface area (Å²) in [5.74, 6) is -0.242. The van der Waals surface area contributed by atoms with Gasteiger partial charge >= 0.3 is 5.97 Å². The molecule has 4 nitrogen and oxygen atoms in total. The number of carbonyl (C=O) groups excluding carboxylic acids is 1. The average Bonchev–Trinajstić information content (AvgIpc) is 2.29. The van der Waals surface area contributed by atoms with Crippen molar-refractivity contribution in [3.05, 3.63) is 33.4 Å². The molecule has 0 bridgehead atoms. The van der Waals surface area contributed by atoms with Crippen LogP contribution in [-0.4, -0.2) is 13.1 Å². The SMILES string of the molecule is COC(=O)C1(c2ccc(Br)cc2[NH2+][O-])CCC1. The van der Waals surface area contributed by atoms with Crippen LogP contribution in [0.1, 0.15) is 24.8 Å². The third kappa shape index (κ3) is 1.99. The van der Waals surface area contributed by atoms with Gasteiger partial charge in [0, 0.05) is 16.1 Å². The van der Waals surface area contributed by atoms with Crippen LogP contribution in [0.2, 0.25) is 0 Å². The monoisotopic (exact) mass is 299 g/mol. The summed E-state index contributed by atoms with van der Waals surface area (Å²) < 4.78 is 5.71. The molecule has 17 heavy (non-hydrogen) atoms. The van der Waals surface area contributed by atoms with Gasteiger partial charge in [-0.15, -0.1) is 0 Å². The van der Waals surface area contributed by atoms with Gasteiger partial charge in [0.2, 0.25) is 0 Å². The van der Waals surface area contributed by atoms with Crippen molar-refractivity contribution in [1.82, 2.24) is 0 Å². The Balaban J connectivity index is 2.47. The van der Waals surface area contributed by atoms with Crippen molar-refractivity contribution < 1.29 is 15.0 Å². The van der Waals surface area contributed by atoms with Crippen molar-refractivity contribution in [3.63, 3.8) is 0 Å². The van der Waals surface area contributed by atoms with Crippen molar-refractivity contribution in [2.45, 2.75) is 24.7 Å². The van der Waals surface area contributed by atoms with E-state index in [0.29, 0.717) is 5.69 Å². The summed E-state index contributed by atoms with van der Waals surface area (Å²) in [6.07, 6.45) is 2.49. The standard InChI is InChI=1S/C12H14BrNO3/c1-17-11(15)12(5-2-6-12)9-4-3-8(13)7-10(9)14-16/h3-4,7H,2,5-6,14H2,1H3. The second-order valence-corrected chi connectivity index (χ2v) is 5.19. The fourth-order valence-electron chi connectivity index (χ4n) is 2.38. The minimum Gasteiger partial charge on any atom is -0.630 e. The van der Waals surface area contributed by atoms with E-state index < -0.39 is 5.41 Å². The number of hydrogen-bond acceptors (Lipinski definition) is 3. The first-order valence-electron chi connectivity index (χ1n) is 5.47. The van der Waals surface area contributed by atoms with Gasteiger partial charge in [-0.05, 0) is 18.9 Å². The van der Waals surface area contributed by atoms with Crippen LogP contribution in [0.25, 0.3) is 0 Å². The number of nitrogens with two attached hydrogens (primary N) is 1. The number of rotatable bonds is 3. The Kier molecular flexibility index (Phi) is 3.51. The second kappa shape index (κ2) is 4.76. The zero-order valence-corrected chi connectivity index (χ0v) is 11.1. The lowest BCUT2D eigenvalue weighted by Crippen LogP contribution is -2.71. The fourth-order valence-corrected chi connectivity index (χ4v) is 2.75. The van der Waals surface area contributed by atoms with Crippen LogP contribution in [0.3, 0.4) is 0 Å². The first-order chi connectivity index (χ1) is 8.14. The number of hydrogen-bond donors (Lipinski definition) is 1. The van der Waals surface area contributed by atoms with Crippen LogP contribution in [0, 0.1) is 5.21 Å².